The van der Waals surface area contributed by atoms with Crippen molar-refractivity contribution in [2.75, 3.05) is 11.9 Å². The summed E-state index contributed by atoms with van der Waals surface area (Å²) in [7, 11) is 7.29. The molecule has 0 saturated carbocycles. The Kier molecular flexibility index (Phi) is 14.1. The molecule has 0 aliphatic carbocycles. The van der Waals surface area contributed by atoms with E-state index in [4.69, 9.17) is 7.85 Å². The number of rotatable bonds is 5. The predicted molar refractivity (Wildman–Crippen MR) is 101 cm³/mol. The molecule has 0 N–H and O–H groups in total. The fraction of sp³-hybridized carbons (Fsp3) is 0.368. The molecule has 0 heterocycles. The molecule has 0 atom stereocenters. The molecule has 6 heteroatoms. The first-order chi connectivity index (χ1) is 11.8. The third kappa shape index (κ3) is 11.8. The van der Waals surface area contributed by atoms with E-state index >= 15 is 0 Å². The van der Waals surface area contributed by atoms with Crippen molar-refractivity contribution in [1.29, 1.82) is 0 Å². The second-order valence-corrected chi connectivity index (χ2v) is 4.67. The van der Waals surface area contributed by atoms with Crippen molar-refractivity contribution in [3.8, 4) is 18.6 Å². The highest BCUT2D eigenvalue weighted by Gasteiger charge is 2.30. The Morgan fingerprint density at radius 2 is 1.68 bits per heavy atom. The summed E-state index contributed by atoms with van der Waals surface area (Å²) in [6, 6.07) is 5.65. The summed E-state index contributed by atoms with van der Waals surface area (Å²) in [4.78, 5) is 1.82. The van der Waals surface area contributed by atoms with Gasteiger partial charge in [-0.25, -0.2) is 0 Å². The van der Waals surface area contributed by atoms with Crippen LogP contribution in [0.3, 0.4) is 0 Å². The lowest BCUT2D eigenvalue weighted by Gasteiger charge is -2.21. The Balaban J connectivity index is 0. The Morgan fingerprint density at radius 3 is 2.04 bits per heavy atom. The summed E-state index contributed by atoms with van der Waals surface area (Å²) < 4.78 is 40.0. The van der Waals surface area contributed by atoms with Gasteiger partial charge in [0.25, 0.3) is 0 Å². The van der Waals surface area contributed by atoms with Gasteiger partial charge in [-0.2, -0.15) is 0 Å². The van der Waals surface area contributed by atoms with Gasteiger partial charge in [0.2, 0.25) is 0 Å². The van der Waals surface area contributed by atoms with E-state index in [-0.39, 0.29) is 5.75 Å². The van der Waals surface area contributed by atoms with Crippen molar-refractivity contribution in [1.82, 2.24) is 0 Å². The molecule has 0 amide bonds. The lowest BCUT2D eigenvalue weighted by atomic mass is 10.0. The maximum absolute atomic E-state index is 12.1. The van der Waals surface area contributed by atoms with Crippen LogP contribution in [-0.4, -0.2) is 21.3 Å². The highest BCUT2D eigenvalue weighted by Crippen LogP contribution is 2.26. The maximum atomic E-state index is 12.1. The van der Waals surface area contributed by atoms with E-state index in [9.17, 15) is 13.2 Å². The molecule has 2 nitrogen and oxygen atoms in total. The first kappa shape index (κ1) is 25.0. The molecule has 0 fully saturated rings. The zero-order chi connectivity index (χ0) is 19.9. The summed E-state index contributed by atoms with van der Waals surface area (Å²) in [6.45, 7) is 6.12. The molecule has 1 aromatic rings. The highest BCUT2D eigenvalue weighted by molar-refractivity contribution is 6.09. The standard InChI is InChI=1S/C14H15BF3NO.C3H8.C2H2/c1-3-4-11(9-10-15)19(2)12-5-7-13(8-6-12)20-14(16,17)18;1-3-2;1-2/h3-9H,10H2,1-2H3;3H2,1-2H3;1-2H/b4-3+,11-9-;;. The van der Waals surface area contributed by atoms with E-state index in [0.717, 1.165) is 11.4 Å². The van der Waals surface area contributed by atoms with Crippen LogP contribution in [0.5, 0.6) is 5.75 Å². The molecule has 0 unspecified atom stereocenters. The van der Waals surface area contributed by atoms with E-state index in [1.807, 2.05) is 30.1 Å². The van der Waals surface area contributed by atoms with Crippen LogP contribution in [0.2, 0.25) is 6.32 Å². The number of hydrogen-bond donors (Lipinski definition) is 0. The number of anilines is 1. The molecule has 136 valence electrons. The van der Waals surface area contributed by atoms with Crippen LogP contribution >= 0.6 is 0 Å². The van der Waals surface area contributed by atoms with Gasteiger partial charge in [-0.15, -0.1) is 26.0 Å². The number of nitrogens with zero attached hydrogens (tertiary/aromatic N) is 1. The van der Waals surface area contributed by atoms with Gasteiger partial charge in [-0.05, 0) is 37.3 Å². The first-order valence-corrected chi connectivity index (χ1v) is 7.74. The number of hydrogen-bond acceptors (Lipinski definition) is 2. The molecule has 1 rings (SSSR count). The highest BCUT2D eigenvalue weighted by atomic mass is 19.4. The van der Waals surface area contributed by atoms with Crippen molar-refractivity contribution < 1.29 is 17.9 Å². The van der Waals surface area contributed by atoms with E-state index in [1.54, 1.807) is 19.2 Å². The number of alkyl halides is 3. The van der Waals surface area contributed by atoms with E-state index in [0.29, 0.717) is 6.32 Å². The fourth-order valence-corrected chi connectivity index (χ4v) is 1.63. The van der Waals surface area contributed by atoms with E-state index in [2.05, 4.69) is 31.4 Å². The number of benzene rings is 1. The topological polar surface area (TPSA) is 12.5 Å². The van der Waals surface area contributed by atoms with Gasteiger partial charge in [-0.1, -0.05) is 38.7 Å². The van der Waals surface area contributed by atoms with Crippen LogP contribution in [0.25, 0.3) is 0 Å². The lowest BCUT2D eigenvalue weighted by molar-refractivity contribution is -0.274. The summed E-state index contributed by atoms with van der Waals surface area (Å²) in [5.74, 6) is -0.245. The van der Waals surface area contributed by atoms with Gasteiger partial charge in [0.1, 0.15) is 5.75 Å². The zero-order valence-corrected chi connectivity index (χ0v) is 15.2. The molecular formula is C19H25BF3NO. The summed E-state index contributed by atoms with van der Waals surface area (Å²) >= 11 is 0. The van der Waals surface area contributed by atoms with E-state index in [1.165, 1.54) is 18.6 Å². The third-order valence-electron chi connectivity index (χ3n) is 2.51. The smallest absolute Gasteiger partial charge is 0.406 e. The van der Waals surface area contributed by atoms with Crippen LogP contribution in [0.15, 0.2) is 48.2 Å². The summed E-state index contributed by atoms with van der Waals surface area (Å²) in [6.07, 6.45) is 10.5. The minimum Gasteiger partial charge on any atom is -0.406 e. The molecule has 0 bridgehead atoms. The fourth-order valence-electron chi connectivity index (χ4n) is 1.63. The summed E-state index contributed by atoms with van der Waals surface area (Å²) in [5.41, 5.74) is 1.59. The molecule has 2 radical (unpaired) electrons. The van der Waals surface area contributed by atoms with Crippen LogP contribution in [0, 0.1) is 12.8 Å². The third-order valence-corrected chi connectivity index (χ3v) is 2.51. The maximum Gasteiger partial charge on any atom is 0.573 e. The number of likely N-dealkylation sites (N-methyl/N-ethyl adjacent to an activating group) is 1. The van der Waals surface area contributed by atoms with Crippen molar-refractivity contribution in [3.05, 3.63) is 48.2 Å². The van der Waals surface area contributed by atoms with Gasteiger partial charge in [-0.3, -0.25) is 0 Å². The average molecular weight is 351 g/mol. The Morgan fingerprint density at radius 1 is 1.20 bits per heavy atom. The molecule has 25 heavy (non-hydrogen) atoms. The number of terminal acetylenes is 1. The normalized spacial score (nSPS) is 11.0. The number of halogens is 3. The quantitative estimate of drug-likeness (QED) is 0.381. The minimum atomic E-state index is -4.68. The molecule has 0 aliphatic heterocycles. The molecule has 1 aromatic carbocycles. The molecule has 0 aliphatic rings. The number of ether oxygens (including phenoxy) is 1. The zero-order valence-electron chi connectivity index (χ0n) is 15.2. The second-order valence-electron chi connectivity index (χ2n) is 4.67. The van der Waals surface area contributed by atoms with Crippen LogP contribution in [0.1, 0.15) is 27.2 Å². The largest absolute Gasteiger partial charge is 0.573 e. The van der Waals surface area contributed by atoms with Crippen molar-refractivity contribution in [3.63, 3.8) is 0 Å². The van der Waals surface area contributed by atoms with Gasteiger partial charge in [0, 0.05) is 18.4 Å². The first-order valence-electron chi connectivity index (χ1n) is 7.74. The van der Waals surface area contributed by atoms with E-state index < -0.39 is 6.36 Å². The van der Waals surface area contributed by atoms with Gasteiger partial charge in [0.05, 0.1) is 7.85 Å². The van der Waals surface area contributed by atoms with Crippen LogP contribution in [0.4, 0.5) is 18.9 Å². The van der Waals surface area contributed by atoms with Gasteiger partial charge >= 0.3 is 6.36 Å². The second kappa shape index (κ2) is 14.1. The molecular weight excluding hydrogens is 326 g/mol. The molecule has 0 aromatic heterocycles. The molecule has 0 saturated heterocycles. The lowest BCUT2D eigenvalue weighted by Crippen LogP contribution is -2.17. The van der Waals surface area contributed by atoms with Crippen molar-refractivity contribution in [2.45, 2.75) is 39.9 Å². The van der Waals surface area contributed by atoms with Crippen LogP contribution < -0.4 is 9.64 Å². The van der Waals surface area contributed by atoms with Crippen molar-refractivity contribution in [2.24, 2.45) is 0 Å². The predicted octanol–water partition coefficient (Wildman–Crippen LogP) is 5.73. The average Bonchev–Trinajstić information content (AvgIpc) is 2.56. The van der Waals surface area contributed by atoms with Crippen molar-refractivity contribution >= 4 is 13.5 Å². The SMILES string of the molecule is C#C.CCC.[B]C/C=C(/C=C/C)N(C)c1ccc(OC(F)(F)F)cc1. The monoisotopic (exact) mass is 351 g/mol. The minimum absolute atomic E-state index is 0.245. The Labute approximate surface area is 150 Å². The van der Waals surface area contributed by atoms with Gasteiger partial charge in [0.15, 0.2) is 0 Å². The Bertz CT molecular complexity index is 534. The molecule has 0 spiro atoms. The summed E-state index contributed by atoms with van der Waals surface area (Å²) in [5, 5.41) is 0. The van der Waals surface area contributed by atoms with Gasteiger partial charge < -0.3 is 9.64 Å². The van der Waals surface area contributed by atoms with Crippen LogP contribution in [-0.2, 0) is 0 Å². The Hall–Kier alpha value is -2.29. The number of allylic oxidation sites excluding steroid dienone is 3.